The Morgan fingerprint density at radius 1 is 1.29 bits per heavy atom. The highest BCUT2D eigenvalue weighted by Gasteiger charge is 2.27. The number of hydrogen-bond donors (Lipinski definition) is 1. The van der Waals surface area contributed by atoms with Crippen LogP contribution in [0.3, 0.4) is 0 Å². The van der Waals surface area contributed by atoms with Gasteiger partial charge in [0, 0.05) is 5.41 Å². The topological polar surface area (TPSA) is 30.5 Å². The maximum atomic E-state index is 6.41. The van der Waals surface area contributed by atoms with Gasteiger partial charge in [-0.3, -0.25) is 0 Å². The Hall–Kier alpha value is -0.930. The van der Waals surface area contributed by atoms with Crippen LogP contribution in [0.25, 0.3) is 0 Å². The van der Waals surface area contributed by atoms with Crippen LogP contribution in [-0.4, -0.2) is 26.3 Å². The number of ether oxygens (including phenoxy) is 2. The van der Waals surface area contributed by atoms with Crippen LogP contribution in [0.1, 0.15) is 32.3 Å². The first-order valence-corrected chi connectivity index (χ1v) is 8.20. The monoisotopic (exact) mass is 309 g/mol. The van der Waals surface area contributed by atoms with Crippen molar-refractivity contribution in [3.8, 4) is 11.5 Å². The maximum Gasteiger partial charge on any atom is 0.179 e. The van der Waals surface area contributed by atoms with Gasteiger partial charge in [0.1, 0.15) is 0 Å². The van der Waals surface area contributed by atoms with Gasteiger partial charge in [-0.25, -0.2) is 0 Å². The molecule has 0 bridgehead atoms. The first kappa shape index (κ1) is 15.0. The van der Waals surface area contributed by atoms with Gasteiger partial charge in [-0.15, -0.1) is 0 Å². The van der Waals surface area contributed by atoms with Gasteiger partial charge in [0.25, 0.3) is 0 Å². The molecule has 0 spiro atoms. The molecule has 1 unspecified atom stereocenters. The summed E-state index contributed by atoms with van der Waals surface area (Å²) >= 11 is 6.41. The largest absolute Gasteiger partial charge is 0.489 e. The zero-order chi connectivity index (χ0) is 14.9. The van der Waals surface area contributed by atoms with Crippen molar-refractivity contribution >= 4 is 11.6 Å². The van der Waals surface area contributed by atoms with E-state index in [1.807, 2.05) is 6.07 Å². The molecule has 1 aromatic rings. The molecule has 3 nitrogen and oxygen atoms in total. The van der Waals surface area contributed by atoms with E-state index >= 15 is 0 Å². The van der Waals surface area contributed by atoms with E-state index in [-0.39, 0.29) is 5.41 Å². The molecule has 0 aliphatic carbocycles. The van der Waals surface area contributed by atoms with E-state index in [0.717, 1.165) is 25.3 Å². The fourth-order valence-corrected chi connectivity index (χ4v) is 3.29. The molecule has 2 heterocycles. The van der Waals surface area contributed by atoms with E-state index in [2.05, 4.69) is 25.2 Å². The summed E-state index contributed by atoms with van der Waals surface area (Å²) in [7, 11) is 0. The Labute approximate surface area is 132 Å². The lowest BCUT2D eigenvalue weighted by molar-refractivity contribution is 0.140. The molecular formula is C17H24ClNO2. The lowest BCUT2D eigenvalue weighted by Crippen LogP contribution is -2.30. The third kappa shape index (κ3) is 3.64. The third-order valence-electron chi connectivity index (χ3n) is 4.22. The van der Waals surface area contributed by atoms with Crippen molar-refractivity contribution < 1.29 is 9.47 Å². The fraction of sp³-hybridized carbons (Fsp3) is 0.647. The second-order valence-electron chi connectivity index (χ2n) is 7.06. The number of nitrogens with one attached hydrogen (secondary N) is 1. The van der Waals surface area contributed by atoms with Crippen molar-refractivity contribution in [2.75, 3.05) is 26.3 Å². The molecule has 0 amide bonds. The SMILES string of the molecule is CC1(C)COc2cc(CC3CCCNC3)cc(Cl)c2OC1. The van der Waals surface area contributed by atoms with Gasteiger partial charge in [-0.1, -0.05) is 25.4 Å². The van der Waals surface area contributed by atoms with Crippen LogP contribution in [-0.2, 0) is 6.42 Å². The van der Waals surface area contributed by atoms with Crippen molar-refractivity contribution in [3.05, 3.63) is 22.7 Å². The maximum absolute atomic E-state index is 6.41. The summed E-state index contributed by atoms with van der Waals surface area (Å²) in [4.78, 5) is 0. The lowest BCUT2D eigenvalue weighted by atomic mass is 9.92. The predicted octanol–water partition coefficient (Wildman–Crippen LogP) is 3.68. The summed E-state index contributed by atoms with van der Waals surface area (Å²) < 4.78 is 11.8. The quantitative estimate of drug-likeness (QED) is 0.904. The van der Waals surface area contributed by atoms with Crippen LogP contribution < -0.4 is 14.8 Å². The number of halogens is 1. The minimum Gasteiger partial charge on any atom is -0.489 e. The number of rotatable bonds is 2. The van der Waals surface area contributed by atoms with Gasteiger partial charge in [-0.2, -0.15) is 0 Å². The van der Waals surface area contributed by atoms with E-state index in [1.54, 1.807) is 0 Å². The molecule has 1 fully saturated rings. The summed E-state index contributed by atoms with van der Waals surface area (Å²) in [6.07, 6.45) is 3.59. The molecule has 2 aliphatic heterocycles. The van der Waals surface area contributed by atoms with Crippen LogP contribution >= 0.6 is 11.6 Å². The van der Waals surface area contributed by atoms with Crippen molar-refractivity contribution in [2.24, 2.45) is 11.3 Å². The molecule has 0 aromatic heterocycles. The van der Waals surface area contributed by atoms with Crippen LogP contribution in [0, 0.1) is 11.3 Å². The number of hydrogen-bond acceptors (Lipinski definition) is 3. The summed E-state index contributed by atoms with van der Waals surface area (Å²) in [6, 6.07) is 4.15. The van der Waals surface area contributed by atoms with E-state index < -0.39 is 0 Å². The number of piperidine rings is 1. The fourth-order valence-electron chi connectivity index (χ4n) is 3.00. The zero-order valence-electron chi connectivity index (χ0n) is 12.9. The summed E-state index contributed by atoms with van der Waals surface area (Å²) in [5, 5.41) is 4.13. The van der Waals surface area contributed by atoms with Crippen molar-refractivity contribution in [1.29, 1.82) is 0 Å². The third-order valence-corrected chi connectivity index (χ3v) is 4.50. The summed E-state index contributed by atoms with van der Waals surface area (Å²) in [5.74, 6) is 2.19. The van der Waals surface area contributed by atoms with E-state index in [1.165, 1.54) is 18.4 Å². The van der Waals surface area contributed by atoms with E-state index in [0.29, 0.717) is 29.9 Å². The second kappa shape index (κ2) is 6.05. The minimum atomic E-state index is 0.00972. The average Bonchev–Trinajstić information content (AvgIpc) is 2.60. The van der Waals surface area contributed by atoms with Gasteiger partial charge < -0.3 is 14.8 Å². The molecular weight excluding hydrogens is 286 g/mol. The van der Waals surface area contributed by atoms with E-state index in [4.69, 9.17) is 21.1 Å². The minimum absolute atomic E-state index is 0.00972. The van der Waals surface area contributed by atoms with Gasteiger partial charge in [-0.05, 0) is 56.0 Å². The molecule has 116 valence electrons. The Morgan fingerprint density at radius 3 is 2.86 bits per heavy atom. The Bertz CT molecular complexity index is 510. The molecule has 0 saturated carbocycles. The standard InChI is InChI=1S/C17H24ClNO2/c1-17(2)10-20-15-8-13(6-12-4-3-5-19-9-12)7-14(18)16(15)21-11-17/h7-8,12,19H,3-6,9-11H2,1-2H3. The van der Waals surface area contributed by atoms with Crippen molar-refractivity contribution in [3.63, 3.8) is 0 Å². The molecule has 21 heavy (non-hydrogen) atoms. The Morgan fingerprint density at radius 2 is 2.10 bits per heavy atom. The Kier molecular flexibility index (Phi) is 4.32. The molecule has 3 rings (SSSR count). The molecule has 1 aromatic carbocycles. The Balaban J connectivity index is 1.79. The van der Waals surface area contributed by atoms with Crippen LogP contribution in [0.4, 0.5) is 0 Å². The lowest BCUT2D eigenvalue weighted by Gasteiger charge is -2.23. The molecule has 0 radical (unpaired) electrons. The molecule has 4 heteroatoms. The smallest absolute Gasteiger partial charge is 0.179 e. The highest BCUT2D eigenvalue weighted by atomic mass is 35.5. The average molecular weight is 310 g/mol. The van der Waals surface area contributed by atoms with Crippen molar-refractivity contribution in [1.82, 2.24) is 5.32 Å². The van der Waals surface area contributed by atoms with Crippen LogP contribution in [0.5, 0.6) is 11.5 Å². The van der Waals surface area contributed by atoms with E-state index in [9.17, 15) is 0 Å². The van der Waals surface area contributed by atoms with Gasteiger partial charge >= 0.3 is 0 Å². The van der Waals surface area contributed by atoms with Gasteiger partial charge in [0.2, 0.25) is 0 Å². The zero-order valence-corrected chi connectivity index (χ0v) is 13.6. The van der Waals surface area contributed by atoms with Crippen LogP contribution in [0.15, 0.2) is 12.1 Å². The first-order valence-electron chi connectivity index (χ1n) is 7.82. The highest BCUT2D eigenvalue weighted by molar-refractivity contribution is 6.32. The molecule has 1 saturated heterocycles. The normalized spacial score (nSPS) is 24.4. The second-order valence-corrected chi connectivity index (χ2v) is 7.47. The van der Waals surface area contributed by atoms with Crippen molar-refractivity contribution in [2.45, 2.75) is 33.1 Å². The number of fused-ring (bicyclic) bond motifs is 1. The summed E-state index contributed by atoms with van der Waals surface area (Å²) in [6.45, 7) is 7.81. The van der Waals surface area contributed by atoms with Gasteiger partial charge in [0.15, 0.2) is 11.5 Å². The highest BCUT2D eigenvalue weighted by Crippen LogP contribution is 2.40. The number of benzene rings is 1. The summed E-state index contributed by atoms with van der Waals surface area (Å²) in [5.41, 5.74) is 1.26. The molecule has 2 aliphatic rings. The first-order chi connectivity index (χ1) is 10.0. The predicted molar refractivity (Wildman–Crippen MR) is 85.5 cm³/mol. The molecule has 1 atom stereocenters. The van der Waals surface area contributed by atoms with Gasteiger partial charge in [0.05, 0.1) is 18.2 Å². The molecule has 1 N–H and O–H groups in total. The van der Waals surface area contributed by atoms with Crippen LogP contribution in [0.2, 0.25) is 5.02 Å².